The number of nitrogens with two attached hydrogens (primary N) is 1. The maximum atomic E-state index is 11.8. The molecule has 0 aromatic carbocycles. The minimum absolute atomic E-state index is 0.352. The molecule has 1 atom stereocenters. The number of ketones is 1. The van der Waals surface area contributed by atoms with Crippen LogP contribution in [-0.2, 0) is 4.79 Å². The molecule has 0 saturated heterocycles. The van der Waals surface area contributed by atoms with Gasteiger partial charge in [-0.3, -0.25) is 4.79 Å². The summed E-state index contributed by atoms with van der Waals surface area (Å²) in [5.74, 6) is 1.10. The molecule has 2 nitrogen and oxygen atoms in total. The summed E-state index contributed by atoms with van der Waals surface area (Å²) >= 11 is 0. The van der Waals surface area contributed by atoms with Crippen LogP contribution in [0.5, 0.6) is 0 Å². The predicted molar refractivity (Wildman–Crippen MR) is 79.6 cm³/mol. The summed E-state index contributed by atoms with van der Waals surface area (Å²) in [5.41, 5.74) is 5.96. The van der Waals surface area contributed by atoms with Gasteiger partial charge in [-0.15, -0.1) is 0 Å². The lowest BCUT2D eigenvalue weighted by Gasteiger charge is -2.17. The van der Waals surface area contributed by atoms with E-state index < -0.39 is 0 Å². The highest BCUT2D eigenvalue weighted by molar-refractivity contribution is 5.78. The fourth-order valence-electron chi connectivity index (χ4n) is 2.38. The number of hydrogen-bond acceptors (Lipinski definition) is 2. The lowest BCUT2D eigenvalue weighted by molar-refractivity contribution is -0.119. The van der Waals surface area contributed by atoms with E-state index in [0.717, 1.165) is 45.1 Å². The first-order valence-electron chi connectivity index (χ1n) is 7.60. The fraction of sp³-hybridized carbons (Fsp3) is 0.938. The van der Waals surface area contributed by atoms with Crippen molar-refractivity contribution in [2.45, 2.75) is 79.1 Å². The largest absolute Gasteiger partial charge is 0.330 e. The summed E-state index contributed by atoms with van der Waals surface area (Å²) in [6, 6.07) is 0. The molecule has 0 aromatic heterocycles. The number of carbonyl (C=O) groups is 1. The molecule has 0 saturated carbocycles. The Morgan fingerprint density at radius 3 is 2.28 bits per heavy atom. The van der Waals surface area contributed by atoms with Crippen LogP contribution in [0, 0.1) is 11.3 Å². The van der Waals surface area contributed by atoms with Crippen LogP contribution >= 0.6 is 0 Å². The maximum absolute atomic E-state index is 11.8. The SMILES string of the molecule is CCCC(CCN)CCC(=O)CCCC(C)(C)C. The van der Waals surface area contributed by atoms with E-state index >= 15 is 0 Å². The molecule has 2 N–H and O–H groups in total. The van der Waals surface area contributed by atoms with E-state index in [-0.39, 0.29) is 0 Å². The van der Waals surface area contributed by atoms with Crippen LogP contribution in [0.4, 0.5) is 0 Å². The molecule has 0 aromatic rings. The Morgan fingerprint density at radius 1 is 1.11 bits per heavy atom. The van der Waals surface area contributed by atoms with Crippen LogP contribution in [0.25, 0.3) is 0 Å². The minimum atomic E-state index is 0.352. The average Bonchev–Trinajstić information content (AvgIpc) is 2.25. The predicted octanol–water partition coefficient (Wildman–Crippen LogP) is 4.32. The summed E-state index contributed by atoms with van der Waals surface area (Å²) in [5, 5.41) is 0. The van der Waals surface area contributed by atoms with E-state index in [1.807, 2.05) is 0 Å². The van der Waals surface area contributed by atoms with Crippen molar-refractivity contribution in [3.05, 3.63) is 0 Å². The Hall–Kier alpha value is -0.370. The number of hydrogen-bond donors (Lipinski definition) is 1. The van der Waals surface area contributed by atoms with Crippen LogP contribution in [0.1, 0.15) is 79.1 Å². The van der Waals surface area contributed by atoms with E-state index in [1.54, 1.807) is 0 Å². The first kappa shape index (κ1) is 17.6. The summed E-state index contributed by atoms with van der Waals surface area (Å²) in [4.78, 5) is 11.8. The molecule has 0 rings (SSSR count). The van der Waals surface area contributed by atoms with Crippen molar-refractivity contribution in [2.24, 2.45) is 17.1 Å². The van der Waals surface area contributed by atoms with Gasteiger partial charge < -0.3 is 5.73 Å². The van der Waals surface area contributed by atoms with Crippen molar-refractivity contribution in [2.75, 3.05) is 6.54 Å². The highest BCUT2D eigenvalue weighted by Crippen LogP contribution is 2.23. The van der Waals surface area contributed by atoms with Crippen LogP contribution in [0.2, 0.25) is 0 Å². The Bertz CT molecular complexity index is 212. The minimum Gasteiger partial charge on any atom is -0.330 e. The zero-order valence-corrected chi connectivity index (χ0v) is 12.9. The summed E-state index contributed by atoms with van der Waals surface area (Å²) in [6.45, 7) is 9.65. The van der Waals surface area contributed by atoms with E-state index in [1.165, 1.54) is 12.8 Å². The topological polar surface area (TPSA) is 43.1 Å². The maximum Gasteiger partial charge on any atom is 0.132 e. The lowest BCUT2D eigenvalue weighted by atomic mass is 9.88. The second-order valence-corrected chi connectivity index (χ2v) is 6.72. The molecule has 0 aliphatic carbocycles. The van der Waals surface area contributed by atoms with Crippen molar-refractivity contribution in [1.82, 2.24) is 0 Å². The summed E-state index contributed by atoms with van der Waals surface area (Å²) in [6.07, 6.45) is 8.23. The fourth-order valence-corrected chi connectivity index (χ4v) is 2.38. The third-order valence-electron chi connectivity index (χ3n) is 3.49. The van der Waals surface area contributed by atoms with Crippen molar-refractivity contribution in [3.63, 3.8) is 0 Å². The van der Waals surface area contributed by atoms with Gasteiger partial charge in [-0.05, 0) is 43.6 Å². The lowest BCUT2D eigenvalue weighted by Crippen LogP contribution is -2.11. The molecule has 0 fully saturated rings. The monoisotopic (exact) mass is 255 g/mol. The van der Waals surface area contributed by atoms with E-state index in [0.29, 0.717) is 17.1 Å². The van der Waals surface area contributed by atoms with Gasteiger partial charge in [0.2, 0.25) is 0 Å². The molecule has 0 heterocycles. The Kier molecular flexibility index (Phi) is 9.35. The van der Waals surface area contributed by atoms with Gasteiger partial charge in [-0.1, -0.05) is 40.5 Å². The molecule has 0 aliphatic rings. The van der Waals surface area contributed by atoms with E-state index in [9.17, 15) is 4.79 Å². The van der Waals surface area contributed by atoms with E-state index in [4.69, 9.17) is 5.73 Å². The summed E-state index contributed by atoms with van der Waals surface area (Å²) in [7, 11) is 0. The highest BCUT2D eigenvalue weighted by Gasteiger charge is 2.13. The van der Waals surface area contributed by atoms with Gasteiger partial charge in [0.25, 0.3) is 0 Å². The van der Waals surface area contributed by atoms with Gasteiger partial charge >= 0.3 is 0 Å². The molecule has 2 heteroatoms. The van der Waals surface area contributed by atoms with Crippen LogP contribution in [0.15, 0.2) is 0 Å². The second kappa shape index (κ2) is 9.55. The molecule has 0 bridgehead atoms. The zero-order valence-electron chi connectivity index (χ0n) is 12.9. The Labute approximate surface area is 114 Å². The standard InChI is InChI=1S/C16H33NO/c1-5-7-14(11-13-17)9-10-15(18)8-6-12-16(2,3)4/h14H,5-13,17H2,1-4H3. The van der Waals surface area contributed by atoms with Crippen LogP contribution < -0.4 is 5.73 Å². The van der Waals surface area contributed by atoms with Gasteiger partial charge in [0.05, 0.1) is 0 Å². The molecule has 18 heavy (non-hydrogen) atoms. The zero-order chi connectivity index (χ0) is 14.0. The average molecular weight is 255 g/mol. The van der Waals surface area contributed by atoms with E-state index in [2.05, 4.69) is 27.7 Å². The van der Waals surface area contributed by atoms with Crippen LogP contribution in [-0.4, -0.2) is 12.3 Å². The number of rotatable bonds is 10. The van der Waals surface area contributed by atoms with Gasteiger partial charge in [0.1, 0.15) is 5.78 Å². The van der Waals surface area contributed by atoms with Gasteiger partial charge in [0.15, 0.2) is 0 Å². The molecule has 0 aliphatic heterocycles. The Balaban J connectivity index is 3.73. The number of Topliss-reactive ketones (excluding diaryl/α,β-unsaturated/α-hetero) is 1. The second-order valence-electron chi connectivity index (χ2n) is 6.72. The highest BCUT2D eigenvalue weighted by atomic mass is 16.1. The quantitative estimate of drug-likeness (QED) is 0.632. The first-order valence-corrected chi connectivity index (χ1v) is 7.60. The molecule has 1 unspecified atom stereocenters. The van der Waals surface area contributed by atoms with Gasteiger partial charge in [-0.25, -0.2) is 0 Å². The molecule has 0 amide bonds. The number of carbonyl (C=O) groups excluding carboxylic acids is 1. The smallest absolute Gasteiger partial charge is 0.132 e. The van der Waals surface area contributed by atoms with Crippen molar-refractivity contribution in [1.29, 1.82) is 0 Å². The molecule has 0 radical (unpaired) electrons. The van der Waals surface area contributed by atoms with Crippen LogP contribution in [0.3, 0.4) is 0 Å². The molecule has 0 spiro atoms. The summed E-state index contributed by atoms with van der Waals surface area (Å²) < 4.78 is 0. The molecular formula is C16H33NO. The third kappa shape index (κ3) is 10.8. The third-order valence-corrected chi connectivity index (χ3v) is 3.49. The van der Waals surface area contributed by atoms with Gasteiger partial charge in [0, 0.05) is 12.8 Å². The normalized spacial score (nSPS) is 13.6. The Morgan fingerprint density at radius 2 is 1.78 bits per heavy atom. The first-order chi connectivity index (χ1) is 8.39. The van der Waals surface area contributed by atoms with Crippen molar-refractivity contribution in [3.8, 4) is 0 Å². The molecular weight excluding hydrogens is 222 g/mol. The molecule has 108 valence electrons. The van der Waals surface area contributed by atoms with Crippen molar-refractivity contribution < 1.29 is 4.79 Å². The van der Waals surface area contributed by atoms with Gasteiger partial charge in [-0.2, -0.15) is 0 Å². The van der Waals surface area contributed by atoms with Crippen molar-refractivity contribution >= 4 is 5.78 Å².